The summed E-state index contributed by atoms with van der Waals surface area (Å²) in [5.74, 6) is 1.62. The SMILES string of the molecule is COc1ccc(CN2C(=O)N[C@@H](c3ccc(OC)cc3)[C@H]2C)cc1. The number of benzene rings is 2. The van der Waals surface area contributed by atoms with Crippen molar-refractivity contribution in [2.24, 2.45) is 0 Å². The van der Waals surface area contributed by atoms with Gasteiger partial charge >= 0.3 is 6.03 Å². The van der Waals surface area contributed by atoms with Gasteiger partial charge in [-0.25, -0.2) is 4.79 Å². The Morgan fingerprint density at radius 1 is 0.958 bits per heavy atom. The largest absolute Gasteiger partial charge is 0.497 e. The van der Waals surface area contributed by atoms with Crippen molar-refractivity contribution in [3.8, 4) is 11.5 Å². The molecular formula is C19H22N2O3. The van der Waals surface area contributed by atoms with Gasteiger partial charge in [-0.1, -0.05) is 24.3 Å². The second-order valence-corrected chi connectivity index (χ2v) is 5.92. The van der Waals surface area contributed by atoms with E-state index in [0.717, 1.165) is 22.6 Å². The third-order valence-corrected chi connectivity index (χ3v) is 4.50. The minimum absolute atomic E-state index is 0.0262. The average molecular weight is 326 g/mol. The molecule has 1 N–H and O–H groups in total. The number of hydrogen-bond acceptors (Lipinski definition) is 3. The zero-order chi connectivity index (χ0) is 17.1. The summed E-state index contributed by atoms with van der Waals surface area (Å²) in [6.07, 6.45) is 0. The number of carbonyl (C=O) groups excluding carboxylic acids is 1. The molecule has 2 aromatic rings. The molecule has 1 heterocycles. The molecule has 2 amide bonds. The fraction of sp³-hybridized carbons (Fsp3) is 0.316. The van der Waals surface area contributed by atoms with E-state index in [4.69, 9.17) is 9.47 Å². The van der Waals surface area contributed by atoms with Gasteiger partial charge in [0.05, 0.1) is 26.3 Å². The first-order valence-corrected chi connectivity index (χ1v) is 7.96. The van der Waals surface area contributed by atoms with Gasteiger partial charge in [-0.05, 0) is 42.3 Å². The van der Waals surface area contributed by atoms with Crippen molar-refractivity contribution in [2.45, 2.75) is 25.6 Å². The Morgan fingerprint density at radius 3 is 2.04 bits per heavy atom. The van der Waals surface area contributed by atoms with E-state index < -0.39 is 0 Å². The van der Waals surface area contributed by atoms with Gasteiger partial charge in [0, 0.05) is 6.54 Å². The van der Waals surface area contributed by atoms with Crippen molar-refractivity contribution in [3.05, 3.63) is 59.7 Å². The van der Waals surface area contributed by atoms with Crippen LogP contribution in [0.25, 0.3) is 0 Å². The lowest BCUT2D eigenvalue weighted by Gasteiger charge is -2.23. The highest BCUT2D eigenvalue weighted by Crippen LogP contribution is 2.29. The molecule has 2 aromatic carbocycles. The van der Waals surface area contributed by atoms with Gasteiger partial charge in [0.1, 0.15) is 11.5 Å². The topological polar surface area (TPSA) is 50.8 Å². The van der Waals surface area contributed by atoms with E-state index in [1.165, 1.54) is 0 Å². The number of amides is 2. The van der Waals surface area contributed by atoms with Crippen molar-refractivity contribution in [1.29, 1.82) is 0 Å². The normalized spacial score (nSPS) is 20.0. The molecule has 1 saturated heterocycles. The van der Waals surface area contributed by atoms with Gasteiger partial charge in [0.25, 0.3) is 0 Å². The summed E-state index contributed by atoms with van der Waals surface area (Å²) in [7, 11) is 3.29. The third-order valence-electron chi connectivity index (χ3n) is 4.50. The van der Waals surface area contributed by atoms with Crippen LogP contribution < -0.4 is 14.8 Å². The molecule has 2 atom stereocenters. The molecule has 0 saturated carbocycles. The van der Waals surface area contributed by atoms with Crippen LogP contribution in [0.4, 0.5) is 4.79 Å². The molecule has 1 fully saturated rings. The molecule has 0 spiro atoms. The smallest absolute Gasteiger partial charge is 0.318 e. The zero-order valence-corrected chi connectivity index (χ0v) is 14.2. The fourth-order valence-electron chi connectivity index (χ4n) is 3.02. The predicted molar refractivity (Wildman–Crippen MR) is 92.3 cm³/mol. The minimum atomic E-state index is -0.0425. The number of nitrogens with one attached hydrogen (secondary N) is 1. The molecule has 0 bridgehead atoms. The Bertz CT molecular complexity index is 698. The Balaban J connectivity index is 1.73. The first-order valence-electron chi connectivity index (χ1n) is 7.96. The quantitative estimate of drug-likeness (QED) is 0.916. The lowest BCUT2D eigenvalue weighted by atomic mass is 10.0. The van der Waals surface area contributed by atoms with Crippen molar-refractivity contribution in [3.63, 3.8) is 0 Å². The minimum Gasteiger partial charge on any atom is -0.497 e. The Kier molecular flexibility index (Phi) is 4.60. The zero-order valence-electron chi connectivity index (χ0n) is 14.2. The Labute approximate surface area is 142 Å². The number of carbonyl (C=O) groups is 1. The van der Waals surface area contributed by atoms with E-state index in [0.29, 0.717) is 6.54 Å². The summed E-state index contributed by atoms with van der Waals surface area (Å²) in [6, 6.07) is 15.6. The van der Waals surface area contributed by atoms with Gasteiger partial charge in [-0.2, -0.15) is 0 Å². The van der Waals surface area contributed by atoms with Gasteiger partial charge in [0.15, 0.2) is 0 Å². The number of nitrogens with zero attached hydrogens (tertiary/aromatic N) is 1. The van der Waals surface area contributed by atoms with Crippen LogP contribution in [-0.4, -0.2) is 31.2 Å². The van der Waals surface area contributed by atoms with Crippen LogP contribution in [0.5, 0.6) is 11.5 Å². The molecular weight excluding hydrogens is 304 g/mol. The van der Waals surface area contributed by atoms with Crippen molar-refractivity contribution in [2.75, 3.05) is 14.2 Å². The van der Waals surface area contributed by atoms with Crippen LogP contribution in [0.2, 0.25) is 0 Å². The molecule has 3 rings (SSSR count). The molecule has 0 radical (unpaired) electrons. The van der Waals surface area contributed by atoms with Crippen LogP contribution in [0.15, 0.2) is 48.5 Å². The van der Waals surface area contributed by atoms with E-state index in [2.05, 4.69) is 12.2 Å². The molecule has 0 aliphatic carbocycles. The molecule has 5 heteroatoms. The van der Waals surface area contributed by atoms with E-state index in [1.807, 2.05) is 53.4 Å². The second-order valence-electron chi connectivity index (χ2n) is 5.92. The molecule has 0 unspecified atom stereocenters. The maximum absolute atomic E-state index is 12.4. The molecule has 1 aliphatic heterocycles. The summed E-state index contributed by atoms with van der Waals surface area (Å²) in [4.78, 5) is 14.2. The maximum atomic E-state index is 12.4. The van der Waals surface area contributed by atoms with Gasteiger partial charge in [-0.15, -0.1) is 0 Å². The number of rotatable bonds is 5. The van der Waals surface area contributed by atoms with Crippen LogP contribution in [-0.2, 0) is 6.54 Å². The van der Waals surface area contributed by atoms with E-state index in [9.17, 15) is 4.79 Å². The van der Waals surface area contributed by atoms with Crippen LogP contribution in [0, 0.1) is 0 Å². The fourth-order valence-corrected chi connectivity index (χ4v) is 3.02. The lowest BCUT2D eigenvalue weighted by Crippen LogP contribution is -2.31. The highest BCUT2D eigenvalue weighted by atomic mass is 16.5. The Hall–Kier alpha value is -2.69. The summed E-state index contributed by atoms with van der Waals surface area (Å²) in [6.45, 7) is 2.64. The van der Waals surface area contributed by atoms with Gasteiger partial charge in [-0.3, -0.25) is 0 Å². The summed E-state index contributed by atoms with van der Waals surface area (Å²) < 4.78 is 10.4. The molecule has 1 aliphatic rings. The second kappa shape index (κ2) is 6.83. The van der Waals surface area contributed by atoms with Crippen LogP contribution in [0.1, 0.15) is 24.1 Å². The van der Waals surface area contributed by atoms with E-state index in [-0.39, 0.29) is 18.1 Å². The maximum Gasteiger partial charge on any atom is 0.318 e. The Morgan fingerprint density at radius 2 is 1.50 bits per heavy atom. The van der Waals surface area contributed by atoms with Gasteiger partial charge in [0.2, 0.25) is 0 Å². The van der Waals surface area contributed by atoms with Crippen molar-refractivity contribution < 1.29 is 14.3 Å². The summed E-state index contributed by atoms with van der Waals surface area (Å²) >= 11 is 0. The summed E-state index contributed by atoms with van der Waals surface area (Å²) in [5.41, 5.74) is 2.15. The lowest BCUT2D eigenvalue weighted by molar-refractivity contribution is 0.202. The first-order chi connectivity index (χ1) is 11.6. The first kappa shape index (κ1) is 16.2. The molecule has 126 valence electrons. The highest BCUT2D eigenvalue weighted by Gasteiger charge is 2.36. The highest BCUT2D eigenvalue weighted by molar-refractivity contribution is 5.78. The standard InChI is InChI=1S/C19H22N2O3/c1-13-18(15-6-10-17(24-3)11-7-15)20-19(22)21(13)12-14-4-8-16(23-2)9-5-14/h4-11,13,18H,12H2,1-3H3,(H,20,22)/t13-,18-/m1/s1. The molecule has 0 aromatic heterocycles. The molecule has 5 nitrogen and oxygen atoms in total. The van der Waals surface area contributed by atoms with Crippen molar-refractivity contribution >= 4 is 6.03 Å². The van der Waals surface area contributed by atoms with Crippen LogP contribution >= 0.6 is 0 Å². The van der Waals surface area contributed by atoms with E-state index >= 15 is 0 Å². The number of methoxy groups -OCH3 is 2. The van der Waals surface area contributed by atoms with E-state index in [1.54, 1.807) is 14.2 Å². The number of hydrogen-bond donors (Lipinski definition) is 1. The van der Waals surface area contributed by atoms with Crippen molar-refractivity contribution in [1.82, 2.24) is 10.2 Å². The van der Waals surface area contributed by atoms with Crippen LogP contribution in [0.3, 0.4) is 0 Å². The predicted octanol–water partition coefficient (Wildman–Crippen LogP) is 3.36. The summed E-state index contributed by atoms with van der Waals surface area (Å²) in [5, 5.41) is 3.07. The molecule has 24 heavy (non-hydrogen) atoms. The monoisotopic (exact) mass is 326 g/mol. The van der Waals surface area contributed by atoms with Gasteiger partial charge < -0.3 is 19.7 Å². The average Bonchev–Trinajstić information content (AvgIpc) is 2.90. The number of urea groups is 1. The third kappa shape index (κ3) is 3.15. The number of ether oxygens (including phenoxy) is 2.